The zero-order chi connectivity index (χ0) is 10.7. The number of ether oxygens (including phenoxy) is 1. The van der Waals surface area contributed by atoms with Gasteiger partial charge in [-0.15, -0.1) is 0 Å². The summed E-state index contributed by atoms with van der Waals surface area (Å²) in [6, 6.07) is 2.40. The van der Waals surface area contributed by atoms with Crippen LogP contribution in [-0.4, -0.2) is 12.6 Å². The fraction of sp³-hybridized carbons (Fsp3) is 0.222. The molecule has 0 spiro atoms. The van der Waals surface area contributed by atoms with Gasteiger partial charge in [0.1, 0.15) is 5.82 Å². The minimum absolute atomic E-state index is 0.179. The van der Waals surface area contributed by atoms with Gasteiger partial charge in [0, 0.05) is 8.95 Å². The predicted octanol–water partition coefficient (Wildman–Crippen LogP) is 3.53. The highest BCUT2D eigenvalue weighted by molar-refractivity contribution is 9.13. The lowest BCUT2D eigenvalue weighted by Gasteiger charge is -2.05. The molecular formula is C9H7Br2FO2. The van der Waals surface area contributed by atoms with Gasteiger partial charge in [0.25, 0.3) is 0 Å². The minimum Gasteiger partial charge on any atom is -0.462 e. The third kappa shape index (κ3) is 2.54. The van der Waals surface area contributed by atoms with E-state index in [1.165, 1.54) is 6.07 Å². The summed E-state index contributed by atoms with van der Waals surface area (Å²) >= 11 is 6.29. The Bertz CT molecular complexity index is 366. The highest BCUT2D eigenvalue weighted by Gasteiger charge is 2.14. The van der Waals surface area contributed by atoms with Crippen molar-refractivity contribution in [2.24, 2.45) is 0 Å². The molecule has 0 amide bonds. The van der Waals surface area contributed by atoms with Crippen molar-refractivity contribution in [2.45, 2.75) is 6.92 Å². The monoisotopic (exact) mass is 324 g/mol. The molecule has 0 fully saturated rings. The van der Waals surface area contributed by atoms with E-state index in [1.807, 2.05) is 0 Å². The van der Waals surface area contributed by atoms with E-state index in [-0.39, 0.29) is 12.2 Å². The highest BCUT2D eigenvalue weighted by Crippen LogP contribution is 2.28. The highest BCUT2D eigenvalue weighted by atomic mass is 79.9. The molecule has 0 aliphatic rings. The lowest BCUT2D eigenvalue weighted by molar-refractivity contribution is 0.0524. The fourth-order valence-corrected chi connectivity index (χ4v) is 1.74. The smallest absolute Gasteiger partial charge is 0.339 e. The number of rotatable bonds is 2. The van der Waals surface area contributed by atoms with Crippen LogP contribution < -0.4 is 0 Å². The molecule has 0 atom stereocenters. The topological polar surface area (TPSA) is 26.3 Å². The van der Waals surface area contributed by atoms with Crippen molar-refractivity contribution in [2.75, 3.05) is 6.61 Å². The van der Waals surface area contributed by atoms with E-state index < -0.39 is 11.8 Å². The van der Waals surface area contributed by atoms with E-state index in [9.17, 15) is 9.18 Å². The van der Waals surface area contributed by atoms with Gasteiger partial charge in [-0.2, -0.15) is 0 Å². The van der Waals surface area contributed by atoms with Crippen LogP contribution in [0.3, 0.4) is 0 Å². The van der Waals surface area contributed by atoms with Gasteiger partial charge in [-0.3, -0.25) is 0 Å². The molecule has 0 N–H and O–H groups in total. The summed E-state index contributed by atoms with van der Waals surface area (Å²) in [5.41, 5.74) is 0.179. The molecule has 1 aromatic rings. The molecule has 0 saturated carbocycles. The maximum Gasteiger partial charge on any atom is 0.339 e. The summed E-state index contributed by atoms with van der Waals surface area (Å²) in [5.74, 6) is -1.03. The lowest BCUT2D eigenvalue weighted by Crippen LogP contribution is -2.06. The third-order valence-corrected chi connectivity index (χ3v) is 3.50. The van der Waals surface area contributed by atoms with Crippen LogP contribution in [0.4, 0.5) is 4.39 Å². The Labute approximate surface area is 97.7 Å². The van der Waals surface area contributed by atoms with Gasteiger partial charge in [-0.05, 0) is 50.9 Å². The second-order valence-electron chi connectivity index (χ2n) is 2.47. The summed E-state index contributed by atoms with van der Waals surface area (Å²) in [7, 11) is 0. The first-order valence-corrected chi connectivity index (χ1v) is 5.46. The van der Waals surface area contributed by atoms with Crippen LogP contribution in [0.25, 0.3) is 0 Å². The number of carbonyl (C=O) groups excluding carboxylic acids is 1. The van der Waals surface area contributed by atoms with Crippen molar-refractivity contribution < 1.29 is 13.9 Å². The molecule has 0 aromatic heterocycles. The Balaban J connectivity index is 3.13. The molecule has 0 radical (unpaired) electrons. The SMILES string of the molecule is CCOC(=O)c1cc(F)cc(Br)c1Br. The van der Waals surface area contributed by atoms with E-state index in [0.717, 1.165) is 6.07 Å². The van der Waals surface area contributed by atoms with Gasteiger partial charge in [0.05, 0.1) is 12.2 Å². The van der Waals surface area contributed by atoms with Crippen molar-refractivity contribution >= 4 is 37.8 Å². The number of benzene rings is 1. The van der Waals surface area contributed by atoms with Crippen LogP contribution in [0.2, 0.25) is 0 Å². The molecule has 0 saturated heterocycles. The largest absolute Gasteiger partial charge is 0.462 e. The first kappa shape index (κ1) is 11.7. The standard InChI is InChI=1S/C9H7Br2FO2/c1-2-14-9(13)6-3-5(12)4-7(10)8(6)11/h3-4H,2H2,1H3. The molecule has 1 aromatic carbocycles. The predicted molar refractivity (Wildman–Crippen MR) is 57.8 cm³/mol. The van der Waals surface area contributed by atoms with Crippen LogP contribution in [0, 0.1) is 5.82 Å². The van der Waals surface area contributed by atoms with Gasteiger partial charge in [0.15, 0.2) is 0 Å². The van der Waals surface area contributed by atoms with Gasteiger partial charge in [-0.1, -0.05) is 0 Å². The summed E-state index contributed by atoms with van der Waals surface area (Å²) in [6.45, 7) is 1.96. The molecule has 2 nitrogen and oxygen atoms in total. The quantitative estimate of drug-likeness (QED) is 0.614. The number of esters is 1. The summed E-state index contributed by atoms with van der Waals surface area (Å²) in [4.78, 5) is 11.3. The Kier molecular flexibility index (Phi) is 4.07. The van der Waals surface area contributed by atoms with Gasteiger partial charge >= 0.3 is 5.97 Å². The molecule has 76 valence electrons. The minimum atomic E-state index is -0.542. The van der Waals surface area contributed by atoms with Crippen molar-refractivity contribution in [3.8, 4) is 0 Å². The lowest BCUT2D eigenvalue weighted by atomic mass is 10.2. The van der Waals surface area contributed by atoms with Crippen LogP contribution in [-0.2, 0) is 4.74 Å². The normalized spacial score (nSPS) is 10.0. The van der Waals surface area contributed by atoms with Crippen LogP contribution >= 0.6 is 31.9 Å². The maximum absolute atomic E-state index is 13.0. The van der Waals surface area contributed by atoms with Crippen molar-refractivity contribution in [3.05, 3.63) is 32.5 Å². The van der Waals surface area contributed by atoms with Crippen molar-refractivity contribution in [1.29, 1.82) is 0 Å². The van der Waals surface area contributed by atoms with Gasteiger partial charge in [-0.25, -0.2) is 9.18 Å². The Morgan fingerprint density at radius 2 is 2.14 bits per heavy atom. The first-order valence-electron chi connectivity index (χ1n) is 3.88. The second-order valence-corrected chi connectivity index (χ2v) is 4.12. The van der Waals surface area contributed by atoms with E-state index >= 15 is 0 Å². The van der Waals surface area contributed by atoms with Crippen LogP contribution in [0.5, 0.6) is 0 Å². The zero-order valence-electron chi connectivity index (χ0n) is 7.31. The number of hydrogen-bond acceptors (Lipinski definition) is 2. The van der Waals surface area contributed by atoms with Gasteiger partial charge in [0.2, 0.25) is 0 Å². The van der Waals surface area contributed by atoms with Gasteiger partial charge < -0.3 is 4.74 Å². The molecule has 0 aliphatic heterocycles. The van der Waals surface area contributed by atoms with Crippen LogP contribution in [0.1, 0.15) is 17.3 Å². The second kappa shape index (κ2) is 4.89. The average Bonchev–Trinajstić information content (AvgIpc) is 2.11. The Hall–Kier alpha value is -0.420. The Morgan fingerprint density at radius 3 is 2.71 bits per heavy atom. The molecule has 0 bridgehead atoms. The van der Waals surface area contributed by atoms with E-state index in [2.05, 4.69) is 31.9 Å². The van der Waals surface area contributed by atoms with Crippen molar-refractivity contribution in [1.82, 2.24) is 0 Å². The number of halogens is 3. The summed E-state index contributed by atoms with van der Waals surface area (Å²) in [6.07, 6.45) is 0. The molecule has 0 aliphatic carbocycles. The molecule has 1 rings (SSSR count). The average molecular weight is 326 g/mol. The van der Waals surface area contributed by atoms with Crippen LogP contribution in [0.15, 0.2) is 21.1 Å². The van der Waals surface area contributed by atoms with E-state index in [0.29, 0.717) is 8.95 Å². The summed E-state index contributed by atoms with van der Waals surface area (Å²) < 4.78 is 18.7. The number of carbonyl (C=O) groups is 1. The summed E-state index contributed by atoms with van der Waals surface area (Å²) in [5, 5.41) is 0. The molecule has 14 heavy (non-hydrogen) atoms. The molecular weight excluding hydrogens is 319 g/mol. The van der Waals surface area contributed by atoms with E-state index in [1.54, 1.807) is 6.92 Å². The third-order valence-electron chi connectivity index (χ3n) is 1.49. The fourth-order valence-electron chi connectivity index (χ4n) is 0.913. The molecule has 5 heteroatoms. The van der Waals surface area contributed by atoms with E-state index in [4.69, 9.17) is 4.74 Å². The van der Waals surface area contributed by atoms with Crippen molar-refractivity contribution in [3.63, 3.8) is 0 Å². The Morgan fingerprint density at radius 1 is 1.50 bits per heavy atom. The number of hydrogen-bond donors (Lipinski definition) is 0. The molecule has 0 unspecified atom stereocenters. The zero-order valence-corrected chi connectivity index (χ0v) is 10.5. The molecule has 0 heterocycles. The maximum atomic E-state index is 13.0. The first-order chi connectivity index (χ1) is 6.56.